The summed E-state index contributed by atoms with van der Waals surface area (Å²) in [6.45, 7) is 11.1. The number of allylic oxidation sites excluding steroid dienone is 1. The standard InChI is InChI=1S/C14H25NO2/c1-5-6-8-12-9-7-10-15(11-12)13(16)17-14(2,3)4/h5,12H,1,6-11H2,2-4H3/t12-/m0/s1. The van der Waals surface area contributed by atoms with Gasteiger partial charge in [-0.05, 0) is 52.4 Å². The van der Waals surface area contributed by atoms with Crippen molar-refractivity contribution in [1.82, 2.24) is 4.90 Å². The van der Waals surface area contributed by atoms with E-state index in [1.54, 1.807) is 0 Å². The van der Waals surface area contributed by atoms with E-state index in [0.717, 1.165) is 32.4 Å². The molecule has 0 N–H and O–H groups in total. The fourth-order valence-corrected chi connectivity index (χ4v) is 2.15. The third-order valence-corrected chi connectivity index (χ3v) is 2.95. The number of ether oxygens (including phenoxy) is 1. The summed E-state index contributed by atoms with van der Waals surface area (Å²) in [5.74, 6) is 0.606. The SMILES string of the molecule is C=CCC[C@H]1CCCN(C(=O)OC(C)(C)C)C1. The van der Waals surface area contributed by atoms with E-state index in [9.17, 15) is 4.79 Å². The largest absolute Gasteiger partial charge is 0.444 e. The highest BCUT2D eigenvalue weighted by Crippen LogP contribution is 2.22. The second-order valence-corrected chi connectivity index (χ2v) is 5.80. The fourth-order valence-electron chi connectivity index (χ4n) is 2.15. The second-order valence-electron chi connectivity index (χ2n) is 5.80. The summed E-state index contributed by atoms with van der Waals surface area (Å²) < 4.78 is 5.40. The van der Waals surface area contributed by atoms with Crippen LogP contribution in [0.15, 0.2) is 12.7 Å². The highest BCUT2D eigenvalue weighted by atomic mass is 16.6. The summed E-state index contributed by atoms with van der Waals surface area (Å²) in [5, 5.41) is 0. The third kappa shape index (κ3) is 5.24. The first-order valence-electron chi connectivity index (χ1n) is 6.51. The number of carbonyl (C=O) groups excluding carboxylic acids is 1. The van der Waals surface area contributed by atoms with Crippen molar-refractivity contribution < 1.29 is 9.53 Å². The average molecular weight is 239 g/mol. The molecular weight excluding hydrogens is 214 g/mol. The first-order valence-corrected chi connectivity index (χ1v) is 6.51. The Bertz CT molecular complexity index is 268. The van der Waals surface area contributed by atoms with Crippen molar-refractivity contribution in [2.45, 2.75) is 52.1 Å². The fraction of sp³-hybridized carbons (Fsp3) is 0.786. The Kier molecular flexibility index (Phi) is 5.03. The predicted molar refractivity (Wildman–Crippen MR) is 70.0 cm³/mol. The summed E-state index contributed by atoms with van der Waals surface area (Å²) in [7, 11) is 0. The summed E-state index contributed by atoms with van der Waals surface area (Å²) in [6.07, 6.45) is 6.25. The van der Waals surface area contributed by atoms with Gasteiger partial charge >= 0.3 is 6.09 Å². The van der Waals surface area contributed by atoms with Crippen molar-refractivity contribution in [3.63, 3.8) is 0 Å². The molecule has 1 aliphatic heterocycles. The molecule has 0 aromatic heterocycles. The molecule has 98 valence electrons. The van der Waals surface area contributed by atoms with E-state index >= 15 is 0 Å². The molecular formula is C14H25NO2. The molecule has 1 saturated heterocycles. The Balaban J connectivity index is 2.43. The number of nitrogens with zero attached hydrogens (tertiary/aromatic N) is 1. The number of likely N-dealkylation sites (tertiary alicyclic amines) is 1. The molecule has 17 heavy (non-hydrogen) atoms. The Morgan fingerprint density at radius 3 is 2.82 bits per heavy atom. The molecule has 0 spiro atoms. The molecule has 1 rings (SSSR count). The molecule has 0 aliphatic carbocycles. The molecule has 1 aliphatic rings. The molecule has 1 heterocycles. The zero-order valence-corrected chi connectivity index (χ0v) is 11.4. The average Bonchev–Trinajstić information content (AvgIpc) is 2.24. The maximum absolute atomic E-state index is 11.9. The highest BCUT2D eigenvalue weighted by Gasteiger charge is 2.27. The van der Waals surface area contributed by atoms with Gasteiger partial charge in [-0.3, -0.25) is 0 Å². The normalized spacial score (nSPS) is 21.1. The van der Waals surface area contributed by atoms with Gasteiger partial charge in [0, 0.05) is 13.1 Å². The van der Waals surface area contributed by atoms with Crippen molar-refractivity contribution in [1.29, 1.82) is 0 Å². The zero-order chi connectivity index (χ0) is 12.9. The van der Waals surface area contributed by atoms with E-state index < -0.39 is 5.60 Å². The van der Waals surface area contributed by atoms with Crippen LogP contribution < -0.4 is 0 Å². The van der Waals surface area contributed by atoms with Crippen LogP contribution in [0.25, 0.3) is 0 Å². The molecule has 0 bridgehead atoms. The Morgan fingerprint density at radius 1 is 1.53 bits per heavy atom. The molecule has 1 atom stereocenters. The first kappa shape index (κ1) is 14.1. The van der Waals surface area contributed by atoms with Crippen molar-refractivity contribution in [2.75, 3.05) is 13.1 Å². The molecule has 1 fully saturated rings. The van der Waals surface area contributed by atoms with Gasteiger partial charge in [0.25, 0.3) is 0 Å². The van der Waals surface area contributed by atoms with Gasteiger partial charge < -0.3 is 9.64 Å². The molecule has 0 aromatic carbocycles. The smallest absolute Gasteiger partial charge is 0.410 e. The summed E-state index contributed by atoms with van der Waals surface area (Å²) >= 11 is 0. The van der Waals surface area contributed by atoms with Crippen molar-refractivity contribution in [2.24, 2.45) is 5.92 Å². The molecule has 0 aromatic rings. The Hall–Kier alpha value is -0.990. The van der Waals surface area contributed by atoms with E-state index in [2.05, 4.69) is 6.58 Å². The van der Waals surface area contributed by atoms with Gasteiger partial charge in [-0.25, -0.2) is 4.79 Å². The van der Waals surface area contributed by atoms with Crippen molar-refractivity contribution in [3.8, 4) is 0 Å². The molecule has 0 radical (unpaired) electrons. The number of amides is 1. The van der Waals surface area contributed by atoms with Crippen LogP contribution in [0.1, 0.15) is 46.5 Å². The molecule has 1 amide bonds. The number of piperidine rings is 1. The van der Waals surface area contributed by atoms with Gasteiger partial charge in [-0.1, -0.05) is 6.08 Å². The number of hydrogen-bond donors (Lipinski definition) is 0. The van der Waals surface area contributed by atoms with Crippen LogP contribution in [0.5, 0.6) is 0 Å². The van der Waals surface area contributed by atoms with Crippen LogP contribution in [0, 0.1) is 5.92 Å². The van der Waals surface area contributed by atoms with Gasteiger partial charge in [-0.15, -0.1) is 6.58 Å². The van der Waals surface area contributed by atoms with Crippen LogP contribution in [-0.4, -0.2) is 29.7 Å². The van der Waals surface area contributed by atoms with Crippen LogP contribution >= 0.6 is 0 Å². The number of rotatable bonds is 3. The van der Waals surface area contributed by atoms with Crippen molar-refractivity contribution >= 4 is 6.09 Å². The minimum absolute atomic E-state index is 0.166. The topological polar surface area (TPSA) is 29.5 Å². The lowest BCUT2D eigenvalue weighted by Gasteiger charge is -2.34. The maximum Gasteiger partial charge on any atom is 0.410 e. The second kappa shape index (κ2) is 6.08. The van der Waals surface area contributed by atoms with Gasteiger partial charge in [0.05, 0.1) is 0 Å². The van der Waals surface area contributed by atoms with E-state index in [0.29, 0.717) is 5.92 Å². The first-order chi connectivity index (χ1) is 7.92. The van der Waals surface area contributed by atoms with Gasteiger partial charge in [0.15, 0.2) is 0 Å². The van der Waals surface area contributed by atoms with Crippen LogP contribution in [0.4, 0.5) is 4.79 Å². The minimum Gasteiger partial charge on any atom is -0.444 e. The molecule has 3 heteroatoms. The summed E-state index contributed by atoms with van der Waals surface area (Å²) in [6, 6.07) is 0. The highest BCUT2D eigenvalue weighted by molar-refractivity contribution is 5.68. The van der Waals surface area contributed by atoms with Crippen LogP contribution in [-0.2, 0) is 4.74 Å². The van der Waals surface area contributed by atoms with Gasteiger partial charge in [0.2, 0.25) is 0 Å². The minimum atomic E-state index is -0.398. The molecule has 3 nitrogen and oxygen atoms in total. The lowest BCUT2D eigenvalue weighted by Crippen LogP contribution is -2.42. The summed E-state index contributed by atoms with van der Waals surface area (Å²) in [5.41, 5.74) is -0.398. The van der Waals surface area contributed by atoms with Crippen molar-refractivity contribution in [3.05, 3.63) is 12.7 Å². The van der Waals surface area contributed by atoms with Gasteiger partial charge in [0.1, 0.15) is 5.60 Å². The maximum atomic E-state index is 11.9. The monoisotopic (exact) mass is 239 g/mol. The van der Waals surface area contributed by atoms with Crippen LogP contribution in [0.3, 0.4) is 0 Å². The Morgan fingerprint density at radius 2 is 2.24 bits per heavy atom. The van der Waals surface area contributed by atoms with Crippen LogP contribution in [0.2, 0.25) is 0 Å². The lowest BCUT2D eigenvalue weighted by molar-refractivity contribution is 0.0162. The van der Waals surface area contributed by atoms with Gasteiger partial charge in [-0.2, -0.15) is 0 Å². The number of hydrogen-bond acceptors (Lipinski definition) is 2. The number of carbonyl (C=O) groups is 1. The molecule has 0 saturated carbocycles. The lowest BCUT2D eigenvalue weighted by atomic mass is 9.94. The van der Waals surface area contributed by atoms with E-state index in [-0.39, 0.29) is 6.09 Å². The van der Waals surface area contributed by atoms with E-state index in [1.165, 1.54) is 6.42 Å². The quantitative estimate of drug-likeness (QED) is 0.704. The predicted octanol–water partition coefficient (Wildman–Crippen LogP) is 3.60. The Labute approximate surface area is 105 Å². The zero-order valence-electron chi connectivity index (χ0n) is 11.4. The molecule has 0 unspecified atom stereocenters. The van der Waals surface area contributed by atoms with E-state index in [1.807, 2.05) is 31.7 Å². The van der Waals surface area contributed by atoms with E-state index in [4.69, 9.17) is 4.74 Å². The third-order valence-electron chi connectivity index (χ3n) is 2.95. The summed E-state index contributed by atoms with van der Waals surface area (Å²) in [4.78, 5) is 13.8.